The van der Waals surface area contributed by atoms with Crippen LogP contribution >= 0.6 is 0 Å². The minimum absolute atomic E-state index is 0.0839. The number of hydrogen-bond donors (Lipinski definition) is 3. The van der Waals surface area contributed by atoms with Gasteiger partial charge in [-0.05, 0) is 47.9 Å². The van der Waals surface area contributed by atoms with E-state index in [1.807, 2.05) is 43.3 Å². The van der Waals surface area contributed by atoms with Crippen molar-refractivity contribution in [3.05, 3.63) is 59.7 Å². The minimum atomic E-state index is -1.27. The first-order valence-corrected chi connectivity index (χ1v) is 12.0. The number of benzene rings is 2. The summed E-state index contributed by atoms with van der Waals surface area (Å²) in [6.45, 7) is 3.66. The van der Waals surface area contributed by atoms with Crippen LogP contribution in [0.1, 0.15) is 63.0 Å². The van der Waals surface area contributed by atoms with Crippen molar-refractivity contribution >= 4 is 18.0 Å². The molecule has 180 valence electrons. The van der Waals surface area contributed by atoms with E-state index in [2.05, 4.69) is 22.8 Å². The molecule has 2 aliphatic carbocycles. The fourth-order valence-corrected chi connectivity index (χ4v) is 4.82. The van der Waals surface area contributed by atoms with Crippen LogP contribution in [0.15, 0.2) is 48.5 Å². The Hall–Kier alpha value is -3.35. The van der Waals surface area contributed by atoms with Gasteiger partial charge in [0.15, 0.2) is 0 Å². The van der Waals surface area contributed by atoms with Gasteiger partial charge in [-0.25, -0.2) is 9.59 Å². The zero-order chi connectivity index (χ0) is 24.3. The third-order valence-electron chi connectivity index (χ3n) is 6.84. The molecular formula is C27H32N2O5. The molecule has 0 heterocycles. The molecule has 1 fully saturated rings. The van der Waals surface area contributed by atoms with Gasteiger partial charge < -0.3 is 20.5 Å². The highest BCUT2D eigenvalue weighted by molar-refractivity contribution is 5.92. The van der Waals surface area contributed by atoms with Gasteiger partial charge in [-0.1, -0.05) is 74.7 Å². The lowest BCUT2D eigenvalue weighted by Crippen LogP contribution is -2.59. The zero-order valence-electron chi connectivity index (χ0n) is 19.7. The fraction of sp³-hybridized carbons (Fsp3) is 0.444. The molecule has 7 heteroatoms. The summed E-state index contributed by atoms with van der Waals surface area (Å²) < 4.78 is 5.61. The minimum Gasteiger partial charge on any atom is -0.480 e. The lowest BCUT2D eigenvalue weighted by Gasteiger charge is -2.30. The summed E-state index contributed by atoms with van der Waals surface area (Å²) >= 11 is 0. The second-order valence-corrected chi connectivity index (χ2v) is 9.58. The molecule has 0 radical (unpaired) electrons. The highest BCUT2D eigenvalue weighted by atomic mass is 16.5. The predicted molar refractivity (Wildman–Crippen MR) is 128 cm³/mol. The van der Waals surface area contributed by atoms with Crippen LogP contribution in [-0.4, -0.2) is 41.3 Å². The first kappa shape index (κ1) is 23.8. The molecule has 0 spiro atoms. The smallest absolute Gasteiger partial charge is 0.408 e. The van der Waals surface area contributed by atoms with Crippen LogP contribution in [0.3, 0.4) is 0 Å². The van der Waals surface area contributed by atoms with Crippen molar-refractivity contribution in [1.82, 2.24) is 10.6 Å². The Balaban J connectivity index is 1.42. The van der Waals surface area contributed by atoms with Gasteiger partial charge in [0.05, 0.1) is 0 Å². The maximum absolute atomic E-state index is 13.1. The summed E-state index contributed by atoms with van der Waals surface area (Å²) in [5, 5.41) is 14.9. The Kier molecular flexibility index (Phi) is 6.91. The Morgan fingerprint density at radius 2 is 1.65 bits per heavy atom. The Labute approximate surface area is 199 Å². The predicted octanol–water partition coefficient (Wildman–Crippen LogP) is 4.45. The second-order valence-electron chi connectivity index (χ2n) is 9.58. The first-order valence-electron chi connectivity index (χ1n) is 12.0. The summed E-state index contributed by atoms with van der Waals surface area (Å²) in [5.41, 5.74) is 3.22. The fourth-order valence-electron chi connectivity index (χ4n) is 4.82. The van der Waals surface area contributed by atoms with Crippen molar-refractivity contribution in [2.75, 3.05) is 6.61 Å². The van der Waals surface area contributed by atoms with E-state index in [1.54, 1.807) is 6.92 Å². The molecule has 2 amide bonds. The number of amides is 2. The number of carboxylic acids is 1. The molecular weight excluding hydrogens is 432 g/mol. The summed E-state index contributed by atoms with van der Waals surface area (Å²) in [5.74, 6) is -1.30. The topological polar surface area (TPSA) is 105 Å². The number of nitrogens with one attached hydrogen (secondary N) is 2. The largest absolute Gasteiger partial charge is 0.480 e. The molecule has 1 unspecified atom stereocenters. The number of aliphatic carboxylic acids is 1. The Morgan fingerprint density at radius 1 is 1.06 bits per heavy atom. The maximum Gasteiger partial charge on any atom is 0.408 e. The van der Waals surface area contributed by atoms with Crippen LogP contribution in [0.2, 0.25) is 0 Å². The molecule has 34 heavy (non-hydrogen) atoms. The lowest BCUT2D eigenvalue weighted by atomic mass is 9.94. The summed E-state index contributed by atoms with van der Waals surface area (Å²) in [6.07, 6.45) is 2.69. The zero-order valence-corrected chi connectivity index (χ0v) is 19.7. The molecule has 2 atom stereocenters. The Bertz CT molecular complexity index is 1030. The molecule has 2 aromatic rings. The summed E-state index contributed by atoms with van der Waals surface area (Å²) in [6, 6.07) is 15.2. The summed E-state index contributed by atoms with van der Waals surface area (Å²) in [4.78, 5) is 37.5. The third kappa shape index (κ3) is 5.08. The van der Waals surface area contributed by atoms with Gasteiger partial charge in [0.2, 0.25) is 5.91 Å². The summed E-state index contributed by atoms with van der Waals surface area (Å²) in [7, 11) is 0. The third-order valence-corrected chi connectivity index (χ3v) is 6.84. The normalized spacial score (nSPS) is 17.1. The lowest BCUT2D eigenvalue weighted by molar-refractivity contribution is -0.143. The SMILES string of the molecule is CCCC(C)(NC(=O)OCC1c2ccccc2-c2ccccc21)C(=O)N[C@@H](CC1CC1)C(=O)O. The molecule has 1 saturated carbocycles. The standard InChI is InChI=1S/C27H32N2O5/c1-3-14-27(2,25(32)28-23(24(30)31)15-17-12-13-17)29-26(33)34-16-22-20-10-6-4-8-18(20)19-9-5-7-11-21(19)22/h4-11,17,22-23H,3,12-16H2,1-2H3,(H,28,32)(H,29,33)(H,30,31)/t23-,27?/m0/s1. The monoisotopic (exact) mass is 464 g/mol. The number of carbonyl (C=O) groups is 3. The van der Waals surface area contributed by atoms with Crippen molar-refractivity contribution in [1.29, 1.82) is 0 Å². The van der Waals surface area contributed by atoms with Gasteiger partial charge in [-0.2, -0.15) is 0 Å². The molecule has 0 aliphatic heterocycles. The molecule has 4 rings (SSSR count). The average Bonchev–Trinajstić information content (AvgIpc) is 3.58. The highest BCUT2D eigenvalue weighted by Gasteiger charge is 2.39. The first-order chi connectivity index (χ1) is 16.3. The second kappa shape index (κ2) is 9.87. The van der Waals surface area contributed by atoms with Gasteiger partial charge >= 0.3 is 12.1 Å². The van der Waals surface area contributed by atoms with Crippen LogP contribution in [0.25, 0.3) is 11.1 Å². The quantitative estimate of drug-likeness (QED) is 0.482. The van der Waals surface area contributed by atoms with E-state index in [0.29, 0.717) is 25.2 Å². The molecule has 7 nitrogen and oxygen atoms in total. The van der Waals surface area contributed by atoms with E-state index >= 15 is 0 Å². The van der Waals surface area contributed by atoms with Crippen molar-refractivity contribution < 1.29 is 24.2 Å². The van der Waals surface area contributed by atoms with Gasteiger partial charge in [-0.15, -0.1) is 0 Å². The van der Waals surface area contributed by atoms with Gasteiger partial charge in [0.25, 0.3) is 0 Å². The van der Waals surface area contributed by atoms with Crippen molar-refractivity contribution in [2.45, 2.75) is 63.5 Å². The molecule has 3 N–H and O–H groups in total. The van der Waals surface area contributed by atoms with E-state index in [4.69, 9.17) is 4.74 Å². The van der Waals surface area contributed by atoms with Crippen LogP contribution in [0.5, 0.6) is 0 Å². The number of ether oxygens (including phenoxy) is 1. The van der Waals surface area contributed by atoms with Crippen molar-refractivity contribution in [3.8, 4) is 11.1 Å². The average molecular weight is 465 g/mol. The van der Waals surface area contributed by atoms with Gasteiger partial charge in [0, 0.05) is 5.92 Å². The van der Waals surface area contributed by atoms with E-state index in [9.17, 15) is 19.5 Å². The molecule has 2 aromatic carbocycles. The molecule has 0 aromatic heterocycles. The van der Waals surface area contributed by atoms with Crippen molar-refractivity contribution in [2.24, 2.45) is 5.92 Å². The molecule has 0 saturated heterocycles. The van der Waals surface area contributed by atoms with Crippen LogP contribution < -0.4 is 10.6 Å². The number of fused-ring (bicyclic) bond motifs is 3. The van der Waals surface area contributed by atoms with Crippen LogP contribution in [0.4, 0.5) is 4.79 Å². The van der Waals surface area contributed by atoms with E-state index < -0.39 is 29.6 Å². The maximum atomic E-state index is 13.1. The molecule has 0 bridgehead atoms. The Morgan fingerprint density at radius 3 is 2.18 bits per heavy atom. The van der Waals surface area contributed by atoms with Crippen molar-refractivity contribution in [3.63, 3.8) is 0 Å². The van der Waals surface area contributed by atoms with Gasteiger partial charge in [-0.3, -0.25) is 4.79 Å². The molecule has 2 aliphatic rings. The number of carboxylic acid groups (broad SMARTS) is 1. The van der Waals surface area contributed by atoms with Crippen LogP contribution in [-0.2, 0) is 14.3 Å². The highest BCUT2D eigenvalue weighted by Crippen LogP contribution is 2.44. The number of rotatable bonds is 10. The number of carbonyl (C=O) groups excluding carboxylic acids is 2. The van der Waals surface area contributed by atoms with E-state index in [-0.39, 0.29) is 12.5 Å². The number of alkyl carbamates (subject to hydrolysis) is 1. The van der Waals surface area contributed by atoms with Crippen LogP contribution in [0, 0.1) is 5.92 Å². The van der Waals surface area contributed by atoms with E-state index in [1.165, 1.54) is 0 Å². The van der Waals surface area contributed by atoms with E-state index in [0.717, 1.165) is 35.1 Å². The van der Waals surface area contributed by atoms with Gasteiger partial charge in [0.1, 0.15) is 18.2 Å². The number of hydrogen-bond acceptors (Lipinski definition) is 4.